The summed E-state index contributed by atoms with van der Waals surface area (Å²) in [5.41, 5.74) is 6.65. The zero-order valence-corrected chi connectivity index (χ0v) is 20.6. The lowest BCUT2D eigenvalue weighted by Gasteiger charge is -2.20. The van der Waals surface area contributed by atoms with Crippen LogP contribution in [-0.2, 0) is 12.5 Å². The Morgan fingerprint density at radius 1 is 0.794 bits per heavy atom. The number of nitrogens with zero attached hydrogens (tertiary/aromatic N) is 1. The Hall–Kier alpha value is -3.73. The van der Waals surface area contributed by atoms with E-state index in [1.165, 1.54) is 5.56 Å². The number of fused-ring (bicyclic) bond motifs is 2. The van der Waals surface area contributed by atoms with Gasteiger partial charge in [0.2, 0.25) is 12.3 Å². The molecule has 5 heteroatoms. The summed E-state index contributed by atoms with van der Waals surface area (Å²) in [6.45, 7) is 6.92. The second-order valence-electron chi connectivity index (χ2n) is 9.69. The summed E-state index contributed by atoms with van der Waals surface area (Å²) >= 11 is 0. The van der Waals surface area contributed by atoms with E-state index in [2.05, 4.69) is 67.9 Å². The largest absolute Gasteiger partial charge is 0.493 e. The molecule has 0 spiro atoms. The summed E-state index contributed by atoms with van der Waals surface area (Å²) in [7, 11) is 5.40. The molecule has 5 rings (SSSR count). The molecule has 0 saturated heterocycles. The van der Waals surface area contributed by atoms with Crippen LogP contribution in [0.4, 0.5) is 0 Å². The first-order valence-electron chi connectivity index (χ1n) is 11.4. The minimum absolute atomic E-state index is 0.0942. The number of ether oxygens (including phenoxy) is 4. The highest BCUT2D eigenvalue weighted by molar-refractivity contribution is 5.87. The smallest absolute Gasteiger partial charge is 0.231 e. The lowest BCUT2D eigenvalue weighted by atomic mass is 9.86. The molecule has 0 bridgehead atoms. The van der Waals surface area contributed by atoms with E-state index >= 15 is 0 Å². The van der Waals surface area contributed by atoms with E-state index in [1.807, 2.05) is 25.2 Å². The van der Waals surface area contributed by atoms with Crippen LogP contribution in [0.2, 0.25) is 0 Å². The first kappa shape index (κ1) is 22.1. The van der Waals surface area contributed by atoms with E-state index in [9.17, 15) is 0 Å². The Kier molecular flexibility index (Phi) is 5.35. The van der Waals surface area contributed by atoms with Crippen LogP contribution < -0.4 is 23.5 Å². The standard InChI is InChI=1S/C29H30NO4/c1-29(2,3)22-9-7-18(8-10-22)23-12-19(13-27(31-5)28(23)32-6)21-11-20-14-25-26(34-17-33-25)15-24(20)30(4)16-21/h7-16H,17H2,1-6H3/q+1. The summed E-state index contributed by atoms with van der Waals surface area (Å²) in [4.78, 5) is 0. The van der Waals surface area contributed by atoms with Crippen LogP contribution in [0.5, 0.6) is 23.0 Å². The van der Waals surface area contributed by atoms with Gasteiger partial charge in [-0.1, -0.05) is 45.0 Å². The predicted octanol–water partition coefficient (Wildman–Crippen LogP) is 6.04. The minimum Gasteiger partial charge on any atom is -0.493 e. The molecule has 0 aliphatic carbocycles. The van der Waals surface area contributed by atoms with Crippen molar-refractivity contribution in [3.8, 4) is 45.3 Å². The maximum atomic E-state index is 5.79. The van der Waals surface area contributed by atoms with Crippen LogP contribution in [0, 0.1) is 0 Å². The molecular weight excluding hydrogens is 426 g/mol. The number of hydrogen-bond donors (Lipinski definition) is 0. The second-order valence-corrected chi connectivity index (χ2v) is 9.69. The van der Waals surface area contributed by atoms with Crippen LogP contribution in [0.25, 0.3) is 33.2 Å². The van der Waals surface area contributed by atoms with Gasteiger partial charge in [0.05, 0.1) is 25.7 Å². The molecule has 174 valence electrons. The molecule has 0 radical (unpaired) electrons. The lowest BCUT2D eigenvalue weighted by molar-refractivity contribution is -0.644. The average molecular weight is 457 g/mol. The molecule has 2 heterocycles. The maximum absolute atomic E-state index is 5.79. The number of hydrogen-bond acceptors (Lipinski definition) is 4. The highest BCUT2D eigenvalue weighted by atomic mass is 16.7. The van der Waals surface area contributed by atoms with E-state index in [0.29, 0.717) is 5.75 Å². The molecule has 34 heavy (non-hydrogen) atoms. The van der Waals surface area contributed by atoms with Crippen molar-refractivity contribution < 1.29 is 23.5 Å². The molecule has 4 aromatic rings. The molecule has 0 amide bonds. The van der Waals surface area contributed by atoms with Crippen molar-refractivity contribution in [1.29, 1.82) is 0 Å². The van der Waals surface area contributed by atoms with Crippen LogP contribution in [0.15, 0.2) is 60.8 Å². The molecule has 1 aromatic heterocycles. The van der Waals surface area contributed by atoms with Crippen molar-refractivity contribution in [3.63, 3.8) is 0 Å². The van der Waals surface area contributed by atoms with Gasteiger partial charge >= 0.3 is 0 Å². The Bertz CT molecular complexity index is 1380. The van der Waals surface area contributed by atoms with E-state index in [0.717, 1.165) is 50.4 Å². The highest BCUT2D eigenvalue weighted by Crippen LogP contribution is 2.43. The monoisotopic (exact) mass is 456 g/mol. The van der Waals surface area contributed by atoms with Gasteiger partial charge in [-0.2, -0.15) is 0 Å². The number of pyridine rings is 1. The van der Waals surface area contributed by atoms with E-state index in [1.54, 1.807) is 14.2 Å². The van der Waals surface area contributed by atoms with Crippen LogP contribution >= 0.6 is 0 Å². The first-order valence-corrected chi connectivity index (χ1v) is 11.4. The van der Waals surface area contributed by atoms with Crippen molar-refractivity contribution in [3.05, 3.63) is 66.4 Å². The Labute approximate surface area is 200 Å². The van der Waals surface area contributed by atoms with Crippen molar-refractivity contribution in [2.24, 2.45) is 7.05 Å². The fraction of sp³-hybridized carbons (Fsp3) is 0.276. The van der Waals surface area contributed by atoms with Gasteiger partial charge in [-0.3, -0.25) is 0 Å². The normalized spacial score (nSPS) is 12.8. The molecule has 0 unspecified atom stereocenters. The van der Waals surface area contributed by atoms with Gasteiger partial charge < -0.3 is 18.9 Å². The second kappa shape index (κ2) is 8.24. The number of methoxy groups -OCH3 is 2. The number of benzene rings is 3. The van der Waals surface area contributed by atoms with E-state index < -0.39 is 0 Å². The summed E-state index contributed by atoms with van der Waals surface area (Å²) in [5, 5.41) is 1.08. The average Bonchev–Trinajstić information content (AvgIpc) is 3.29. The van der Waals surface area contributed by atoms with Gasteiger partial charge in [-0.05, 0) is 46.4 Å². The Morgan fingerprint density at radius 3 is 2.15 bits per heavy atom. The zero-order chi connectivity index (χ0) is 24.0. The van der Waals surface area contributed by atoms with Gasteiger partial charge in [0, 0.05) is 11.1 Å². The highest BCUT2D eigenvalue weighted by Gasteiger charge is 2.21. The van der Waals surface area contributed by atoms with E-state index in [-0.39, 0.29) is 12.2 Å². The van der Waals surface area contributed by atoms with Gasteiger partial charge in [-0.15, -0.1) is 0 Å². The molecule has 1 aliphatic heterocycles. The van der Waals surface area contributed by atoms with Crippen LogP contribution in [-0.4, -0.2) is 21.0 Å². The third-order valence-corrected chi connectivity index (χ3v) is 6.42. The van der Waals surface area contributed by atoms with Crippen LogP contribution in [0.3, 0.4) is 0 Å². The molecule has 0 atom stereocenters. The van der Waals surface area contributed by atoms with Gasteiger partial charge in [0.1, 0.15) is 7.05 Å². The topological polar surface area (TPSA) is 40.8 Å². The quantitative estimate of drug-likeness (QED) is 0.351. The molecule has 0 saturated carbocycles. The molecule has 3 aromatic carbocycles. The van der Waals surface area contributed by atoms with Crippen molar-refractivity contribution >= 4 is 10.9 Å². The summed E-state index contributed by atoms with van der Waals surface area (Å²) in [6.07, 6.45) is 2.12. The molecule has 1 aliphatic rings. The first-order chi connectivity index (χ1) is 16.3. The fourth-order valence-corrected chi connectivity index (χ4v) is 4.50. The van der Waals surface area contributed by atoms with Gasteiger partial charge in [0.25, 0.3) is 0 Å². The molecule has 0 N–H and O–H groups in total. The SMILES string of the molecule is COc1cc(-c2cc3cc4c(cc3[n+](C)c2)OCO4)cc(-c2ccc(C(C)(C)C)cc2)c1OC. The Balaban J connectivity index is 1.67. The van der Waals surface area contributed by atoms with Crippen LogP contribution in [0.1, 0.15) is 26.3 Å². The summed E-state index contributed by atoms with van der Waals surface area (Å²) in [6, 6.07) is 19.1. The fourth-order valence-electron chi connectivity index (χ4n) is 4.50. The zero-order valence-electron chi connectivity index (χ0n) is 20.6. The lowest BCUT2D eigenvalue weighted by Crippen LogP contribution is -2.28. The Morgan fingerprint density at radius 2 is 1.50 bits per heavy atom. The van der Waals surface area contributed by atoms with E-state index in [4.69, 9.17) is 18.9 Å². The minimum atomic E-state index is 0.0942. The third-order valence-electron chi connectivity index (χ3n) is 6.42. The predicted molar refractivity (Wildman–Crippen MR) is 134 cm³/mol. The third kappa shape index (κ3) is 3.81. The number of aromatic nitrogens is 1. The molecule has 0 fully saturated rings. The molecular formula is C29H30NO4+. The van der Waals surface area contributed by atoms with Crippen molar-refractivity contribution in [2.75, 3.05) is 21.0 Å². The maximum Gasteiger partial charge on any atom is 0.231 e. The summed E-state index contributed by atoms with van der Waals surface area (Å²) in [5.74, 6) is 2.98. The van der Waals surface area contributed by atoms with Crippen molar-refractivity contribution in [1.82, 2.24) is 0 Å². The number of aryl methyl sites for hydroxylation is 1. The van der Waals surface area contributed by atoms with Gasteiger partial charge in [-0.25, -0.2) is 4.57 Å². The van der Waals surface area contributed by atoms with Gasteiger partial charge in [0.15, 0.2) is 29.2 Å². The van der Waals surface area contributed by atoms with Crippen molar-refractivity contribution in [2.45, 2.75) is 26.2 Å². The molecule has 5 nitrogen and oxygen atoms in total. The summed E-state index contributed by atoms with van der Waals surface area (Å²) < 4.78 is 24.8. The number of rotatable bonds is 4.